The van der Waals surface area contributed by atoms with Gasteiger partial charge >= 0.3 is 242 Å². The Morgan fingerprint density at radius 1 is 0.789 bits per heavy atom. The number of hydrogen-bond acceptors (Lipinski definition) is 10. The van der Waals surface area contributed by atoms with Crippen LogP contribution in [0.4, 0.5) is 0 Å². The summed E-state index contributed by atoms with van der Waals surface area (Å²) in [5, 5.41) is 31.8. The van der Waals surface area contributed by atoms with Crippen LogP contribution < -0.4 is 13.4 Å². The van der Waals surface area contributed by atoms with E-state index in [1.165, 1.54) is 12.1 Å². The monoisotopic (exact) mass is 708 g/mol. The van der Waals surface area contributed by atoms with Gasteiger partial charge in [0.2, 0.25) is 0 Å². The molecule has 1 spiro atoms. The third-order valence-corrected chi connectivity index (χ3v) is 33.9. The van der Waals surface area contributed by atoms with Gasteiger partial charge in [0.15, 0.2) is 0 Å². The second-order valence-corrected chi connectivity index (χ2v) is 31.9. The normalized spacial score (nSPS) is 19.6. The van der Waals surface area contributed by atoms with E-state index in [0.717, 1.165) is 31.7 Å². The molecule has 7 rings (SSSR count). The number of fused-ring (bicyclic) bond motifs is 6. The SMILES string of the molecule is O=C(O)c1ccc2c(c1)C(=O)OC21c2ccc(O)c([As]3SCCS3)c2Oc2c1ccc(O)c2[As]1SCCS1. The van der Waals surface area contributed by atoms with E-state index < -0.39 is 42.2 Å². The third-order valence-electron chi connectivity index (χ3n) is 6.66. The van der Waals surface area contributed by atoms with Crippen molar-refractivity contribution in [3.63, 3.8) is 0 Å². The maximum atomic E-state index is 13.4. The fourth-order valence-electron chi connectivity index (χ4n) is 5.10. The van der Waals surface area contributed by atoms with E-state index in [2.05, 4.69) is 0 Å². The number of benzene rings is 3. The van der Waals surface area contributed by atoms with Crippen LogP contribution in [0.3, 0.4) is 0 Å². The Bertz CT molecular complexity index is 1470. The van der Waals surface area contributed by atoms with Crippen molar-refractivity contribution >= 4 is 85.4 Å². The molecule has 4 heterocycles. The van der Waals surface area contributed by atoms with Crippen molar-refractivity contribution in [3.05, 3.63) is 70.3 Å². The summed E-state index contributed by atoms with van der Waals surface area (Å²) in [5.41, 5.74) is 0.571. The van der Waals surface area contributed by atoms with Crippen LogP contribution in [0.2, 0.25) is 0 Å². The Hall–Kier alpha value is -1.48. The van der Waals surface area contributed by atoms with Crippen LogP contribution in [0.15, 0.2) is 42.5 Å². The summed E-state index contributed by atoms with van der Waals surface area (Å²) in [6, 6.07) is 11.3. The summed E-state index contributed by atoms with van der Waals surface area (Å²) in [7, 11) is 7.46. The van der Waals surface area contributed by atoms with Crippen LogP contribution in [0.5, 0.6) is 23.0 Å². The first-order valence-corrected chi connectivity index (χ1v) is 26.4. The molecule has 2 saturated heterocycles. The molecule has 0 amide bonds. The average molecular weight is 709 g/mol. The fraction of sp³-hybridized carbons (Fsp3) is 0.200. The predicted octanol–water partition coefficient (Wildman–Crippen LogP) is 3.71. The Morgan fingerprint density at radius 2 is 1.29 bits per heavy atom. The van der Waals surface area contributed by atoms with Crippen molar-refractivity contribution in [2.24, 2.45) is 0 Å². The van der Waals surface area contributed by atoms with Gasteiger partial charge in [0.25, 0.3) is 0 Å². The Kier molecular flexibility index (Phi) is 6.41. The van der Waals surface area contributed by atoms with E-state index in [9.17, 15) is 24.9 Å². The van der Waals surface area contributed by atoms with Gasteiger partial charge in [-0.25, -0.2) is 0 Å². The van der Waals surface area contributed by atoms with Crippen molar-refractivity contribution < 1.29 is 34.4 Å². The van der Waals surface area contributed by atoms with Gasteiger partial charge in [-0.05, 0) is 0 Å². The molecule has 0 bridgehead atoms. The molecule has 0 aromatic heterocycles. The van der Waals surface area contributed by atoms with Gasteiger partial charge in [-0.3, -0.25) is 0 Å². The second kappa shape index (κ2) is 9.56. The number of aromatic hydroxyl groups is 2. The number of ether oxygens (including phenoxy) is 2. The number of rotatable bonds is 3. The average Bonchev–Trinajstić information content (AvgIpc) is 3.67. The molecule has 38 heavy (non-hydrogen) atoms. The first kappa shape index (κ1) is 25.5. The number of carboxylic acid groups (broad SMARTS) is 1. The molecule has 0 radical (unpaired) electrons. The summed E-state index contributed by atoms with van der Waals surface area (Å²) in [4.78, 5) is 25.1. The molecule has 2 fully saturated rings. The van der Waals surface area contributed by atoms with Gasteiger partial charge in [-0.15, -0.1) is 0 Å². The van der Waals surface area contributed by atoms with Gasteiger partial charge in [-0.2, -0.15) is 0 Å². The van der Waals surface area contributed by atoms with Gasteiger partial charge < -0.3 is 0 Å². The van der Waals surface area contributed by atoms with Crippen LogP contribution in [0.1, 0.15) is 37.4 Å². The molecule has 194 valence electrons. The van der Waals surface area contributed by atoms with Gasteiger partial charge in [-0.1, -0.05) is 0 Å². The molecule has 4 aliphatic rings. The summed E-state index contributed by atoms with van der Waals surface area (Å²) >= 11 is -3.60. The number of phenolic OH excluding ortho intramolecular Hbond substituents is 2. The zero-order valence-corrected chi connectivity index (χ0v) is 26.4. The van der Waals surface area contributed by atoms with Crippen LogP contribution in [0, 0.1) is 0 Å². The summed E-state index contributed by atoms with van der Waals surface area (Å²) < 4.78 is 14.6. The molecule has 4 aliphatic heterocycles. The minimum absolute atomic E-state index is 0.00103. The number of carbonyl (C=O) groups excluding carboxylic acids is 1. The summed E-state index contributed by atoms with van der Waals surface area (Å²) in [6.45, 7) is 0. The molecular weight excluding hydrogens is 690 g/mol. The zero-order valence-electron chi connectivity index (χ0n) is 19.4. The van der Waals surface area contributed by atoms with E-state index >= 15 is 0 Å². The van der Waals surface area contributed by atoms with Crippen LogP contribution in [0.25, 0.3) is 0 Å². The van der Waals surface area contributed by atoms with E-state index in [-0.39, 0.29) is 22.6 Å². The zero-order chi connectivity index (χ0) is 26.2. The molecule has 3 aromatic rings. The molecule has 0 aliphatic carbocycles. The van der Waals surface area contributed by atoms with Crippen molar-refractivity contribution in [3.8, 4) is 23.0 Å². The summed E-state index contributed by atoms with van der Waals surface area (Å²) in [6.07, 6.45) is 0. The standard InChI is InChI=1S/C25H18As2O7S4/c28-17-5-3-15-21(19(17)26-35-7-8-36-26)33-22-16(4-6-18(29)20(22)27-37-9-10-38-27)25(15)14-2-1-12(23(30)31)11-13(14)24(32)34-25/h1-6,11,28-29H,7-10H2,(H,30,31). The van der Waals surface area contributed by atoms with E-state index in [4.69, 9.17) is 9.47 Å². The molecule has 7 nitrogen and oxygen atoms in total. The maximum absolute atomic E-state index is 13.4. The molecule has 0 unspecified atom stereocenters. The van der Waals surface area contributed by atoms with Gasteiger partial charge in [0, 0.05) is 0 Å². The van der Waals surface area contributed by atoms with Crippen LogP contribution in [-0.2, 0) is 10.3 Å². The molecule has 13 heteroatoms. The number of hydrogen-bond donors (Lipinski definition) is 3. The number of phenols is 2. The van der Waals surface area contributed by atoms with Crippen LogP contribution in [-0.4, -0.2) is 74.9 Å². The third kappa shape index (κ3) is 3.69. The first-order valence-electron chi connectivity index (χ1n) is 11.5. The van der Waals surface area contributed by atoms with E-state index in [1.807, 2.05) is 40.1 Å². The Balaban J connectivity index is 1.56. The molecular formula is C25H18As2O7S4. The quantitative estimate of drug-likeness (QED) is 0.274. The van der Waals surface area contributed by atoms with Crippen molar-refractivity contribution in [1.82, 2.24) is 0 Å². The molecule has 0 saturated carbocycles. The number of esters is 1. The minimum atomic E-state index is -1.80. The first-order chi connectivity index (χ1) is 18.4. The van der Waals surface area contributed by atoms with Crippen molar-refractivity contribution in [2.75, 3.05) is 23.0 Å². The second-order valence-electron chi connectivity index (χ2n) is 8.71. The fourth-order valence-corrected chi connectivity index (χ4v) is 34.7. The van der Waals surface area contributed by atoms with Crippen LogP contribution >= 0.6 is 40.1 Å². The number of aromatic carboxylic acids is 1. The van der Waals surface area contributed by atoms with Crippen molar-refractivity contribution in [2.45, 2.75) is 5.60 Å². The summed E-state index contributed by atoms with van der Waals surface area (Å²) in [5.74, 6) is 3.58. The predicted molar refractivity (Wildman–Crippen MR) is 156 cm³/mol. The Morgan fingerprint density at radius 3 is 1.79 bits per heavy atom. The molecule has 0 atom stereocenters. The van der Waals surface area contributed by atoms with E-state index in [0.29, 0.717) is 28.2 Å². The van der Waals surface area contributed by atoms with Gasteiger partial charge in [0.05, 0.1) is 0 Å². The number of carboxylic acids is 1. The van der Waals surface area contributed by atoms with Gasteiger partial charge in [0.1, 0.15) is 0 Å². The van der Waals surface area contributed by atoms with Crippen molar-refractivity contribution in [1.29, 1.82) is 0 Å². The topological polar surface area (TPSA) is 113 Å². The molecule has 3 N–H and O–H groups in total. The molecule has 3 aromatic carbocycles. The number of carbonyl (C=O) groups is 2. The van der Waals surface area contributed by atoms with E-state index in [1.54, 1.807) is 30.3 Å². The Labute approximate surface area is 239 Å².